The van der Waals surface area contributed by atoms with E-state index in [9.17, 15) is 0 Å². The number of nitrogens with two attached hydrogens (primary N) is 1. The minimum absolute atomic E-state index is 0.342. The summed E-state index contributed by atoms with van der Waals surface area (Å²) in [7, 11) is 0. The highest BCUT2D eigenvalue weighted by molar-refractivity contribution is 5.60. The van der Waals surface area contributed by atoms with Crippen molar-refractivity contribution < 1.29 is 4.52 Å². The summed E-state index contributed by atoms with van der Waals surface area (Å²) in [5, 5.41) is 3.79. The molecule has 0 saturated carbocycles. The molecule has 3 rings (SSSR count). The molecule has 0 saturated heterocycles. The van der Waals surface area contributed by atoms with E-state index in [1.807, 2.05) is 51.1 Å². The molecule has 0 bridgehead atoms. The van der Waals surface area contributed by atoms with Gasteiger partial charge in [-0.05, 0) is 6.92 Å². The third-order valence-corrected chi connectivity index (χ3v) is 2.29. The SMILES string of the molecule is CC.Cc1cnccn1.Nc1cc(-c2ccccc2)no1. The molecule has 0 radical (unpaired) electrons. The molecule has 0 fully saturated rings. The van der Waals surface area contributed by atoms with Crippen LogP contribution in [0.3, 0.4) is 0 Å². The number of anilines is 1. The van der Waals surface area contributed by atoms with Crippen molar-refractivity contribution in [3.8, 4) is 11.3 Å². The van der Waals surface area contributed by atoms with Crippen LogP contribution in [-0.4, -0.2) is 15.1 Å². The number of nitrogen functional groups attached to an aromatic ring is 1. The molecular formula is C16H20N4O. The third kappa shape index (κ3) is 5.86. The zero-order valence-electron chi connectivity index (χ0n) is 12.5. The van der Waals surface area contributed by atoms with Gasteiger partial charge in [-0.1, -0.05) is 49.3 Å². The quantitative estimate of drug-likeness (QED) is 0.736. The van der Waals surface area contributed by atoms with Crippen molar-refractivity contribution in [1.82, 2.24) is 15.1 Å². The van der Waals surface area contributed by atoms with Crippen LogP contribution in [0, 0.1) is 6.92 Å². The van der Waals surface area contributed by atoms with Crippen molar-refractivity contribution in [3.63, 3.8) is 0 Å². The third-order valence-electron chi connectivity index (χ3n) is 2.29. The first-order valence-corrected chi connectivity index (χ1v) is 6.76. The Morgan fingerprint density at radius 3 is 2.19 bits per heavy atom. The van der Waals surface area contributed by atoms with Gasteiger partial charge in [0.1, 0.15) is 5.69 Å². The zero-order chi connectivity index (χ0) is 15.5. The lowest BCUT2D eigenvalue weighted by molar-refractivity contribution is 0.439. The molecule has 3 aromatic rings. The van der Waals surface area contributed by atoms with E-state index >= 15 is 0 Å². The molecule has 2 aromatic heterocycles. The van der Waals surface area contributed by atoms with Crippen molar-refractivity contribution >= 4 is 5.88 Å². The van der Waals surface area contributed by atoms with Crippen LogP contribution in [0.5, 0.6) is 0 Å². The van der Waals surface area contributed by atoms with Gasteiger partial charge in [0.05, 0.1) is 5.69 Å². The Balaban J connectivity index is 0.000000210. The summed E-state index contributed by atoms with van der Waals surface area (Å²) in [4.78, 5) is 7.74. The van der Waals surface area contributed by atoms with Crippen molar-refractivity contribution in [3.05, 3.63) is 60.7 Å². The van der Waals surface area contributed by atoms with E-state index in [4.69, 9.17) is 10.3 Å². The van der Waals surface area contributed by atoms with Gasteiger partial charge in [0.25, 0.3) is 0 Å². The minimum Gasteiger partial charge on any atom is -0.368 e. The molecule has 5 nitrogen and oxygen atoms in total. The predicted octanol–water partition coefficient (Wildman–Crippen LogP) is 3.74. The smallest absolute Gasteiger partial charge is 0.222 e. The molecule has 0 amide bonds. The van der Waals surface area contributed by atoms with Gasteiger partial charge >= 0.3 is 0 Å². The number of hydrogen-bond acceptors (Lipinski definition) is 5. The molecule has 0 spiro atoms. The number of benzene rings is 1. The van der Waals surface area contributed by atoms with E-state index in [2.05, 4.69) is 15.1 Å². The molecule has 0 aliphatic carbocycles. The first-order chi connectivity index (χ1) is 10.3. The van der Waals surface area contributed by atoms with E-state index in [-0.39, 0.29) is 0 Å². The second kappa shape index (κ2) is 9.25. The summed E-state index contributed by atoms with van der Waals surface area (Å²) in [6.45, 7) is 5.91. The van der Waals surface area contributed by atoms with Crippen LogP contribution in [0.25, 0.3) is 11.3 Å². The summed E-state index contributed by atoms with van der Waals surface area (Å²) < 4.78 is 4.75. The molecule has 2 N–H and O–H groups in total. The Kier molecular flexibility index (Phi) is 7.21. The van der Waals surface area contributed by atoms with Crippen LogP contribution in [-0.2, 0) is 0 Å². The maximum absolute atomic E-state index is 5.39. The number of aromatic nitrogens is 3. The Morgan fingerprint density at radius 1 is 1.05 bits per heavy atom. The van der Waals surface area contributed by atoms with E-state index in [1.54, 1.807) is 24.7 Å². The van der Waals surface area contributed by atoms with Crippen LogP contribution in [0.2, 0.25) is 0 Å². The first-order valence-electron chi connectivity index (χ1n) is 6.76. The fourth-order valence-electron chi connectivity index (χ4n) is 1.41. The highest BCUT2D eigenvalue weighted by atomic mass is 16.5. The number of aryl methyl sites for hydroxylation is 1. The predicted molar refractivity (Wildman–Crippen MR) is 84.5 cm³/mol. The standard InChI is InChI=1S/C9H8N2O.C5H6N2.C2H6/c10-9-6-8(11-12-9)7-4-2-1-3-5-7;1-5-4-6-2-3-7-5;1-2/h1-6H,10H2;2-4H,1H3;1-2H3. The minimum atomic E-state index is 0.342. The molecule has 2 heterocycles. The Bertz CT molecular complexity index is 608. The lowest BCUT2D eigenvalue weighted by atomic mass is 10.2. The largest absolute Gasteiger partial charge is 0.368 e. The van der Waals surface area contributed by atoms with Gasteiger partial charge in [-0.15, -0.1) is 0 Å². The summed E-state index contributed by atoms with van der Waals surface area (Å²) in [5.74, 6) is 0.342. The van der Waals surface area contributed by atoms with Gasteiger partial charge in [-0.25, -0.2) is 0 Å². The normalized spacial score (nSPS) is 8.90. The topological polar surface area (TPSA) is 77.8 Å². The van der Waals surface area contributed by atoms with Crippen LogP contribution >= 0.6 is 0 Å². The molecule has 1 aromatic carbocycles. The molecular weight excluding hydrogens is 264 g/mol. The summed E-state index contributed by atoms with van der Waals surface area (Å²) in [6, 6.07) is 11.5. The van der Waals surface area contributed by atoms with Crippen LogP contribution < -0.4 is 5.73 Å². The van der Waals surface area contributed by atoms with Gasteiger partial charge in [-0.2, -0.15) is 0 Å². The average Bonchev–Trinajstić information content (AvgIpc) is 2.98. The maximum atomic E-state index is 5.39. The van der Waals surface area contributed by atoms with Gasteiger partial charge in [0.2, 0.25) is 5.88 Å². The lowest BCUT2D eigenvalue weighted by Crippen LogP contribution is -1.77. The number of rotatable bonds is 1. The van der Waals surface area contributed by atoms with Crippen LogP contribution in [0.4, 0.5) is 5.88 Å². The van der Waals surface area contributed by atoms with Crippen molar-refractivity contribution in [2.75, 3.05) is 5.73 Å². The monoisotopic (exact) mass is 284 g/mol. The lowest BCUT2D eigenvalue weighted by Gasteiger charge is -1.90. The second-order valence-corrected chi connectivity index (χ2v) is 3.83. The van der Waals surface area contributed by atoms with Gasteiger partial charge in [0, 0.05) is 30.2 Å². The molecule has 0 aliphatic rings. The second-order valence-electron chi connectivity index (χ2n) is 3.83. The van der Waals surface area contributed by atoms with Gasteiger partial charge in [0.15, 0.2) is 0 Å². The van der Waals surface area contributed by atoms with E-state index < -0.39 is 0 Å². The van der Waals surface area contributed by atoms with Crippen molar-refractivity contribution in [2.24, 2.45) is 0 Å². The fraction of sp³-hybridized carbons (Fsp3) is 0.188. The van der Waals surface area contributed by atoms with Crippen molar-refractivity contribution in [1.29, 1.82) is 0 Å². The first kappa shape index (κ1) is 16.4. The van der Waals surface area contributed by atoms with E-state index in [0.29, 0.717) is 5.88 Å². The highest BCUT2D eigenvalue weighted by Crippen LogP contribution is 2.18. The summed E-state index contributed by atoms with van der Waals surface area (Å²) in [6.07, 6.45) is 5.06. The van der Waals surface area contributed by atoms with Gasteiger partial charge in [-0.3, -0.25) is 9.97 Å². The Morgan fingerprint density at radius 2 is 1.76 bits per heavy atom. The zero-order valence-corrected chi connectivity index (χ0v) is 12.5. The number of nitrogens with zero attached hydrogens (tertiary/aromatic N) is 3. The Hall–Kier alpha value is -2.69. The highest BCUT2D eigenvalue weighted by Gasteiger charge is 2.01. The van der Waals surface area contributed by atoms with Crippen LogP contribution in [0.1, 0.15) is 19.5 Å². The molecule has 0 atom stereocenters. The van der Waals surface area contributed by atoms with E-state index in [1.165, 1.54) is 0 Å². The molecule has 21 heavy (non-hydrogen) atoms. The summed E-state index contributed by atoms with van der Waals surface area (Å²) >= 11 is 0. The molecule has 0 aliphatic heterocycles. The Labute approximate surface area is 124 Å². The molecule has 0 unspecified atom stereocenters. The average molecular weight is 284 g/mol. The number of hydrogen-bond donors (Lipinski definition) is 1. The van der Waals surface area contributed by atoms with E-state index in [0.717, 1.165) is 17.0 Å². The maximum Gasteiger partial charge on any atom is 0.222 e. The summed E-state index contributed by atoms with van der Waals surface area (Å²) in [5.41, 5.74) is 8.13. The fourth-order valence-corrected chi connectivity index (χ4v) is 1.41. The molecule has 110 valence electrons. The molecule has 5 heteroatoms. The van der Waals surface area contributed by atoms with Crippen LogP contribution in [0.15, 0.2) is 59.5 Å². The van der Waals surface area contributed by atoms with Gasteiger partial charge < -0.3 is 10.3 Å². The van der Waals surface area contributed by atoms with Crippen molar-refractivity contribution in [2.45, 2.75) is 20.8 Å².